The number of pyridine rings is 2. The lowest BCUT2D eigenvalue weighted by molar-refractivity contribution is 0.0525. The van der Waals surface area contributed by atoms with Crippen LogP contribution in [0.4, 0.5) is 0 Å². The van der Waals surface area contributed by atoms with E-state index in [9.17, 15) is 4.79 Å². The summed E-state index contributed by atoms with van der Waals surface area (Å²) in [7, 11) is 0. The number of aryl methyl sites for hydroxylation is 1. The lowest BCUT2D eigenvalue weighted by atomic mass is 10.1. The fourth-order valence-corrected chi connectivity index (χ4v) is 1.51. The first-order valence-electron chi connectivity index (χ1n) is 5.12. The molecule has 2 aromatic rings. The molecule has 2 heterocycles. The minimum atomic E-state index is -0.335. The van der Waals surface area contributed by atoms with Gasteiger partial charge in [0.25, 0.3) is 0 Å². The van der Waals surface area contributed by atoms with E-state index in [0.717, 1.165) is 5.39 Å². The molecular weight excluding hydrogens is 204 g/mol. The molecule has 0 radical (unpaired) electrons. The smallest absolute Gasteiger partial charge is 0.339 e. The molecule has 0 spiro atoms. The van der Waals surface area contributed by atoms with Crippen molar-refractivity contribution in [1.82, 2.24) is 9.97 Å². The van der Waals surface area contributed by atoms with Crippen LogP contribution in [-0.2, 0) is 4.74 Å². The summed E-state index contributed by atoms with van der Waals surface area (Å²) in [6, 6.07) is 5.45. The van der Waals surface area contributed by atoms with Gasteiger partial charge in [-0.3, -0.25) is 0 Å². The molecule has 0 aromatic carbocycles. The highest BCUT2D eigenvalue weighted by atomic mass is 16.5. The van der Waals surface area contributed by atoms with Crippen LogP contribution in [0.15, 0.2) is 24.4 Å². The van der Waals surface area contributed by atoms with E-state index in [1.807, 2.05) is 12.1 Å². The Hall–Kier alpha value is -1.97. The maximum absolute atomic E-state index is 11.6. The first kappa shape index (κ1) is 10.5. The van der Waals surface area contributed by atoms with E-state index in [1.54, 1.807) is 26.1 Å². The summed E-state index contributed by atoms with van der Waals surface area (Å²) in [5, 5.41) is 0.844. The lowest BCUT2D eigenvalue weighted by Gasteiger charge is -2.05. The lowest BCUT2D eigenvalue weighted by Crippen LogP contribution is -2.08. The topological polar surface area (TPSA) is 52.1 Å². The number of fused-ring (bicyclic) bond motifs is 1. The number of hydrogen-bond acceptors (Lipinski definition) is 4. The molecule has 0 saturated carbocycles. The van der Waals surface area contributed by atoms with E-state index in [0.29, 0.717) is 23.5 Å². The summed E-state index contributed by atoms with van der Waals surface area (Å²) in [5.74, 6) is -0.335. The third-order valence-electron chi connectivity index (χ3n) is 2.28. The largest absolute Gasteiger partial charge is 0.462 e. The molecule has 0 atom stereocenters. The van der Waals surface area contributed by atoms with Crippen LogP contribution in [0.25, 0.3) is 11.0 Å². The standard InChI is InChI=1S/C12H12N2O2/c1-3-16-12(15)10-7-9-5-4-6-13-11(9)14-8(10)2/h4-7H,3H2,1-2H3. The molecule has 2 rings (SSSR count). The monoisotopic (exact) mass is 216 g/mol. The van der Waals surface area contributed by atoms with E-state index in [4.69, 9.17) is 4.74 Å². The summed E-state index contributed by atoms with van der Waals surface area (Å²) in [6.45, 7) is 3.92. The van der Waals surface area contributed by atoms with Crippen molar-refractivity contribution in [3.05, 3.63) is 35.7 Å². The van der Waals surface area contributed by atoms with Gasteiger partial charge in [-0.1, -0.05) is 0 Å². The van der Waals surface area contributed by atoms with Gasteiger partial charge in [0, 0.05) is 11.6 Å². The Morgan fingerprint density at radius 1 is 1.50 bits per heavy atom. The predicted molar refractivity (Wildman–Crippen MR) is 60.2 cm³/mol. The van der Waals surface area contributed by atoms with Gasteiger partial charge in [0.2, 0.25) is 0 Å². The third-order valence-corrected chi connectivity index (χ3v) is 2.28. The Morgan fingerprint density at radius 3 is 3.06 bits per heavy atom. The number of esters is 1. The molecule has 16 heavy (non-hydrogen) atoms. The minimum absolute atomic E-state index is 0.335. The average molecular weight is 216 g/mol. The van der Waals surface area contributed by atoms with E-state index in [2.05, 4.69) is 9.97 Å². The molecule has 0 N–H and O–H groups in total. The molecule has 0 amide bonds. The van der Waals surface area contributed by atoms with Gasteiger partial charge in [-0.25, -0.2) is 14.8 Å². The maximum atomic E-state index is 11.6. The fourth-order valence-electron chi connectivity index (χ4n) is 1.51. The Morgan fingerprint density at radius 2 is 2.31 bits per heavy atom. The van der Waals surface area contributed by atoms with Gasteiger partial charge >= 0.3 is 5.97 Å². The van der Waals surface area contributed by atoms with Crippen LogP contribution in [0.5, 0.6) is 0 Å². The van der Waals surface area contributed by atoms with E-state index < -0.39 is 0 Å². The molecule has 0 unspecified atom stereocenters. The van der Waals surface area contributed by atoms with Crippen LogP contribution in [0, 0.1) is 6.92 Å². The maximum Gasteiger partial charge on any atom is 0.339 e. The van der Waals surface area contributed by atoms with E-state index in [1.165, 1.54) is 0 Å². The van der Waals surface area contributed by atoms with E-state index >= 15 is 0 Å². The summed E-state index contributed by atoms with van der Waals surface area (Å²) < 4.78 is 4.96. The van der Waals surface area contributed by atoms with Crippen molar-refractivity contribution in [3.8, 4) is 0 Å². The van der Waals surface area contributed by atoms with Crippen LogP contribution < -0.4 is 0 Å². The second-order valence-corrected chi connectivity index (χ2v) is 3.39. The molecule has 0 aliphatic carbocycles. The second kappa shape index (κ2) is 4.26. The van der Waals surface area contributed by atoms with E-state index in [-0.39, 0.29) is 5.97 Å². The van der Waals surface area contributed by atoms with Crippen molar-refractivity contribution in [2.24, 2.45) is 0 Å². The molecule has 2 aromatic heterocycles. The Kier molecular flexibility index (Phi) is 2.81. The van der Waals surface area contributed by atoms with Crippen molar-refractivity contribution in [3.63, 3.8) is 0 Å². The van der Waals surface area contributed by atoms with Gasteiger partial charge in [0.15, 0.2) is 5.65 Å². The summed E-state index contributed by atoms with van der Waals surface area (Å²) >= 11 is 0. The first-order valence-corrected chi connectivity index (χ1v) is 5.12. The molecule has 0 saturated heterocycles. The van der Waals surface area contributed by atoms with Gasteiger partial charge in [0.05, 0.1) is 17.9 Å². The summed E-state index contributed by atoms with van der Waals surface area (Å²) in [5.41, 5.74) is 1.79. The van der Waals surface area contributed by atoms with Crippen molar-refractivity contribution in [2.45, 2.75) is 13.8 Å². The van der Waals surface area contributed by atoms with Crippen LogP contribution in [-0.4, -0.2) is 22.5 Å². The molecule has 0 fully saturated rings. The van der Waals surface area contributed by atoms with Gasteiger partial charge in [-0.2, -0.15) is 0 Å². The molecule has 4 heteroatoms. The Balaban J connectivity index is 2.54. The second-order valence-electron chi connectivity index (χ2n) is 3.39. The number of hydrogen-bond donors (Lipinski definition) is 0. The van der Waals surface area contributed by atoms with Crippen molar-refractivity contribution in [1.29, 1.82) is 0 Å². The zero-order chi connectivity index (χ0) is 11.5. The number of carbonyl (C=O) groups is 1. The number of nitrogens with zero attached hydrogens (tertiary/aromatic N) is 2. The zero-order valence-corrected chi connectivity index (χ0v) is 9.23. The normalized spacial score (nSPS) is 10.4. The summed E-state index contributed by atoms with van der Waals surface area (Å²) in [4.78, 5) is 20.0. The average Bonchev–Trinajstić information content (AvgIpc) is 2.28. The molecular formula is C12H12N2O2. The molecule has 0 bridgehead atoms. The number of ether oxygens (including phenoxy) is 1. The molecule has 0 aliphatic heterocycles. The van der Waals surface area contributed by atoms with Crippen LogP contribution in [0.2, 0.25) is 0 Å². The SMILES string of the molecule is CCOC(=O)c1cc2cccnc2nc1C. The summed E-state index contributed by atoms with van der Waals surface area (Å²) in [6.07, 6.45) is 1.68. The first-order chi connectivity index (χ1) is 7.72. The highest BCUT2D eigenvalue weighted by molar-refractivity contribution is 5.94. The third kappa shape index (κ3) is 1.86. The van der Waals surface area contributed by atoms with Gasteiger partial charge in [-0.05, 0) is 32.0 Å². The predicted octanol–water partition coefficient (Wildman–Crippen LogP) is 2.11. The molecule has 82 valence electrons. The van der Waals surface area contributed by atoms with Gasteiger partial charge in [-0.15, -0.1) is 0 Å². The molecule has 4 nitrogen and oxygen atoms in total. The van der Waals surface area contributed by atoms with Gasteiger partial charge < -0.3 is 4.74 Å². The fraction of sp³-hybridized carbons (Fsp3) is 0.250. The van der Waals surface area contributed by atoms with Crippen molar-refractivity contribution in [2.75, 3.05) is 6.61 Å². The van der Waals surface area contributed by atoms with Crippen LogP contribution >= 0.6 is 0 Å². The van der Waals surface area contributed by atoms with Crippen molar-refractivity contribution >= 4 is 17.0 Å². The number of aromatic nitrogens is 2. The highest BCUT2D eigenvalue weighted by Gasteiger charge is 2.12. The van der Waals surface area contributed by atoms with Gasteiger partial charge in [0.1, 0.15) is 0 Å². The highest BCUT2D eigenvalue weighted by Crippen LogP contribution is 2.15. The van der Waals surface area contributed by atoms with Crippen LogP contribution in [0.1, 0.15) is 23.0 Å². The van der Waals surface area contributed by atoms with Crippen LogP contribution in [0.3, 0.4) is 0 Å². The number of carbonyl (C=O) groups excluding carboxylic acids is 1. The van der Waals surface area contributed by atoms with Crippen molar-refractivity contribution < 1.29 is 9.53 Å². The molecule has 0 aliphatic rings. The Labute approximate surface area is 93.3 Å². The Bertz CT molecular complexity index is 538. The zero-order valence-electron chi connectivity index (χ0n) is 9.23. The minimum Gasteiger partial charge on any atom is -0.462 e. The number of rotatable bonds is 2. The quantitative estimate of drug-likeness (QED) is 0.721.